The first-order valence-corrected chi connectivity index (χ1v) is 6.13. The normalized spacial score (nSPS) is 13.4. The molecule has 2 aromatic heterocycles. The molecule has 2 aromatic rings. The minimum atomic E-state index is -4.36. The summed E-state index contributed by atoms with van der Waals surface area (Å²) in [5, 5.41) is 2.39. The minimum Gasteiger partial charge on any atom is -0.368 e. The molecule has 0 amide bonds. The highest BCUT2D eigenvalue weighted by Crippen LogP contribution is 2.28. The Morgan fingerprint density at radius 1 is 1.35 bits per heavy atom. The van der Waals surface area contributed by atoms with Gasteiger partial charge in [0.25, 0.3) is 0 Å². The topological polar surface area (TPSA) is 76.7 Å². The van der Waals surface area contributed by atoms with Crippen molar-refractivity contribution in [3.8, 4) is 0 Å². The molecule has 2 heterocycles. The van der Waals surface area contributed by atoms with Crippen molar-refractivity contribution in [2.75, 3.05) is 11.1 Å². The number of rotatable bonds is 4. The van der Waals surface area contributed by atoms with Gasteiger partial charge in [-0.1, -0.05) is 13.3 Å². The monoisotopic (exact) mass is 285 g/mol. The molecular formula is C12H14F3N5. The number of halogens is 3. The van der Waals surface area contributed by atoms with Gasteiger partial charge in [-0.25, -0.2) is 4.98 Å². The van der Waals surface area contributed by atoms with Crippen molar-refractivity contribution in [2.45, 2.75) is 32.0 Å². The van der Waals surface area contributed by atoms with E-state index in [0.29, 0.717) is 11.9 Å². The average Bonchev–Trinajstić information content (AvgIpc) is 2.37. The number of pyridine rings is 1. The fourth-order valence-corrected chi connectivity index (χ4v) is 1.86. The number of anilines is 2. The van der Waals surface area contributed by atoms with Crippen LogP contribution in [-0.4, -0.2) is 27.2 Å². The molecule has 20 heavy (non-hydrogen) atoms. The van der Waals surface area contributed by atoms with Gasteiger partial charge < -0.3 is 11.1 Å². The highest BCUT2D eigenvalue weighted by atomic mass is 19.4. The second kappa shape index (κ2) is 5.48. The third kappa shape index (κ3) is 3.06. The Kier molecular flexibility index (Phi) is 3.91. The summed E-state index contributed by atoms with van der Waals surface area (Å²) in [6.45, 7) is 1.69. The molecule has 0 aliphatic carbocycles. The Balaban J connectivity index is 2.41. The lowest BCUT2D eigenvalue weighted by molar-refractivity contribution is -0.143. The first-order valence-electron chi connectivity index (χ1n) is 6.13. The van der Waals surface area contributed by atoms with Crippen LogP contribution in [0, 0.1) is 0 Å². The van der Waals surface area contributed by atoms with Gasteiger partial charge in [-0.2, -0.15) is 18.2 Å². The zero-order chi connectivity index (χ0) is 14.8. The molecule has 0 aliphatic rings. The predicted octanol–water partition coefficient (Wildman–Crippen LogP) is 2.75. The van der Waals surface area contributed by atoms with Gasteiger partial charge in [0.15, 0.2) is 5.82 Å². The molecule has 0 fully saturated rings. The number of aromatic nitrogens is 3. The van der Waals surface area contributed by atoms with Crippen molar-refractivity contribution < 1.29 is 13.2 Å². The molecule has 1 atom stereocenters. The van der Waals surface area contributed by atoms with E-state index in [4.69, 9.17) is 5.73 Å². The van der Waals surface area contributed by atoms with Crippen LogP contribution in [0.3, 0.4) is 0 Å². The molecule has 3 N–H and O–H groups in total. The van der Waals surface area contributed by atoms with Crippen molar-refractivity contribution in [1.82, 2.24) is 15.0 Å². The van der Waals surface area contributed by atoms with Crippen molar-refractivity contribution in [3.05, 3.63) is 18.3 Å². The first-order chi connectivity index (χ1) is 9.41. The van der Waals surface area contributed by atoms with Gasteiger partial charge in [-0.3, -0.25) is 4.98 Å². The molecule has 0 aromatic carbocycles. The van der Waals surface area contributed by atoms with Crippen LogP contribution in [-0.2, 0) is 0 Å². The smallest absolute Gasteiger partial charge is 0.368 e. The van der Waals surface area contributed by atoms with Crippen LogP contribution < -0.4 is 11.1 Å². The third-order valence-corrected chi connectivity index (χ3v) is 2.76. The lowest BCUT2D eigenvalue weighted by atomic mass is 10.1. The maximum atomic E-state index is 12.9. The van der Waals surface area contributed by atoms with E-state index < -0.39 is 12.2 Å². The number of hydrogen-bond donors (Lipinski definition) is 2. The number of hydrogen-bond acceptors (Lipinski definition) is 5. The summed E-state index contributed by atoms with van der Waals surface area (Å²) in [4.78, 5) is 11.8. The molecule has 0 aliphatic heterocycles. The van der Waals surface area contributed by atoms with Crippen molar-refractivity contribution in [1.29, 1.82) is 0 Å². The Morgan fingerprint density at radius 3 is 2.75 bits per heavy atom. The Hall–Kier alpha value is -2.12. The maximum absolute atomic E-state index is 12.9. The number of nitrogen functional groups attached to an aromatic ring is 1. The molecule has 8 heteroatoms. The standard InChI is InChI=1S/C12H14F3N5/c1-2-4-8(12(13,14)15)19-10-9-7(5-3-6-17-9)18-11(16)20-10/h3,5-6,8H,2,4H2,1H3,(H3,16,18,19,20). The van der Waals surface area contributed by atoms with Crippen LogP contribution in [0.4, 0.5) is 24.9 Å². The summed E-state index contributed by atoms with van der Waals surface area (Å²) in [7, 11) is 0. The SMILES string of the molecule is CCCC(Nc1nc(N)nc2cccnc12)C(F)(F)F. The van der Waals surface area contributed by atoms with Gasteiger partial charge in [0.2, 0.25) is 5.95 Å². The van der Waals surface area contributed by atoms with E-state index in [9.17, 15) is 13.2 Å². The molecule has 0 radical (unpaired) electrons. The summed E-state index contributed by atoms with van der Waals surface area (Å²) in [6, 6.07) is 1.56. The van der Waals surface area contributed by atoms with Crippen molar-refractivity contribution in [2.24, 2.45) is 0 Å². The van der Waals surface area contributed by atoms with E-state index in [1.165, 1.54) is 6.20 Å². The van der Waals surface area contributed by atoms with Crippen LogP contribution in [0.5, 0.6) is 0 Å². The molecule has 0 saturated carbocycles. The Bertz CT molecular complexity index is 599. The van der Waals surface area contributed by atoms with Gasteiger partial charge in [-0.05, 0) is 18.6 Å². The number of nitrogens with zero attached hydrogens (tertiary/aromatic N) is 3. The lowest BCUT2D eigenvalue weighted by Gasteiger charge is -2.22. The zero-order valence-electron chi connectivity index (χ0n) is 10.8. The van der Waals surface area contributed by atoms with Crippen LogP contribution in [0.25, 0.3) is 11.0 Å². The summed E-state index contributed by atoms with van der Waals surface area (Å²) in [5.41, 5.74) is 6.19. The van der Waals surface area contributed by atoms with Crippen molar-refractivity contribution >= 4 is 22.8 Å². The Morgan fingerprint density at radius 2 is 2.10 bits per heavy atom. The van der Waals surface area contributed by atoms with Gasteiger partial charge in [-0.15, -0.1) is 0 Å². The second-order valence-electron chi connectivity index (χ2n) is 4.33. The number of alkyl halides is 3. The summed E-state index contributed by atoms with van der Waals surface area (Å²) in [5.74, 6) is -0.0886. The molecule has 1 unspecified atom stereocenters. The van der Waals surface area contributed by atoms with E-state index in [-0.39, 0.29) is 23.7 Å². The fraction of sp³-hybridized carbons (Fsp3) is 0.417. The fourth-order valence-electron chi connectivity index (χ4n) is 1.86. The summed E-state index contributed by atoms with van der Waals surface area (Å²) >= 11 is 0. The minimum absolute atomic E-state index is 0.00359. The number of nitrogens with two attached hydrogens (primary N) is 1. The lowest BCUT2D eigenvalue weighted by Crippen LogP contribution is -2.36. The van der Waals surface area contributed by atoms with E-state index in [0.717, 1.165) is 0 Å². The highest BCUT2D eigenvalue weighted by Gasteiger charge is 2.39. The van der Waals surface area contributed by atoms with Crippen LogP contribution >= 0.6 is 0 Å². The first kappa shape index (κ1) is 14.3. The van der Waals surface area contributed by atoms with Gasteiger partial charge in [0.1, 0.15) is 11.6 Å². The molecule has 108 valence electrons. The molecule has 2 rings (SSSR count). The van der Waals surface area contributed by atoms with Gasteiger partial charge in [0, 0.05) is 6.20 Å². The van der Waals surface area contributed by atoms with Crippen molar-refractivity contribution in [3.63, 3.8) is 0 Å². The molecule has 0 spiro atoms. The van der Waals surface area contributed by atoms with E-state index in [2.05, 4.69) is 20.3 Å². The molecular weight excluding hydrogens is 271 g/mol. The quantitative estimate of drug-likeness (QED) is 0.903. The average molecular weight is 285 g/mol. The Labute approximate surface area is 113 Å². The molecule has 5 nitrogen and oxygen atoms in total. The molecule has 0 saturated heterocycles. The molecule has 0 bridgehead atoms. The van der Waals surface area contributed by atoms with Gasteiger partial charge >= 0.3 is 6.18 Å². The summed E-state index contributed by atoms with van der Waals surface area (Å²) in [6.07, 6.45) is -2.56. The third-order valence-electron chi connectivity index (χ3n) is 2.76. The number of fused-ring (bicyclic) bond motifs is 1. The predicted molar refractivity (Wildman–Crippen MR) is 70.1 cm³/mol. The van der Waals surface area contributed by atoms with Crippen LogP contribution in [0.1, 0.15) is 19.8 Å². The van der Waals surface area contributed by atoms with Crippen LogP contribution in [0.2, 0.25) is 0 Å². The summed E-state index contributed by atoms with van der Waals surface area (Å²) < 4.78 is 38.8. The van der Waals surface area contributed by atoms with E-state index in [1.54, 1.807) is 19.1 Å². The second-order valence-corrected chi connectivity index (χ2v) is 4.33. The van der Waals surface area contributed by atoms with Gasteiger partial charge in [0.05, 0.1) is 5.52 Å². The van der Waals surface area contributed by atoms with E-state index in [1.807, 2.05) is 0 Å². The largest absolute Gasteiger partial charge is 0.408 e. The maximum Gasteiger partial charge on any atom is 0.408 e. The number of nitrogens with one attached hydrogen (secondary N) is 1. The zero-order valence-corrected chi connectivity index (χ0v) is 10.8. The highest BCUT2D eigenvalue weighted by molar-refractivity contribution is 5.85. The van der Waals surface area contributed by atoms with Crippen LogP contribution in [0.15, 0.2) is 18.3 Å². The van der Waals surface area contributed by atoms with E-state index >= 15 is 0 Å².